The molecule has 1 rings (SSSR count). The zero-order valence-electron chi connectivity index (χ0n) is 8.55. The molecule has 4 nitrogen and oxygen atoms in total. The van der Waals surface area contributed by atoms with Crippen LogP contribution < -0.4 is 0 Å². The van der Waals surface area contributed by atoms with Crippen molar-refractivity contribution in [2.45, 2.75) is 12.8 Å². The topological polar surface area (TPSA) is 71.4 Å². The van der Waals surface area contributed by atoms with Crippen LogP contribution in [0.15, 0.2) is 24.3 Å². The monoisotopic (exact) mass is 262 g/mol. The summed E-state index contributed by atoms with van der Waals surface area (Å²) in [6, 6.07) is 6.07. The highest BCUT2D eigenvalue weighted by Crippen LogP contribution is 2.19. The molecule has 0 radical (unpaired) electrons. The molecule has 1 N–H and O–H groups in total. The molecule has 1 aromatic carbocycles. The number of halogens is 1. The summed E-state index contributed by atoms with van der Waals surface area (Å²) in [5.74, 6) is -1.43. The van der Waals surface area contributed by atoms with Gasteiger partial charge in [-0.3, -0.25) is 0 Å². The van der Waals surface area contributed by atoms with E-state index in [0.29, 0.717) is 0 Å². The highest BCUT2D eigenvalue weighted by molar-refractivity contribution is 8.13. The van der Waals surface area contributed by atoms with Crippen LogP contribution in [0.25, 0.3) is 0 Å². The van der Waals surface area contributed by atoms with E-state index in [1.54, 1.807) is 19.1 Å². The van der Waals surface area contributed by atoms with E-state index < -0.39 is 15.0 Å². The van der Waals surface area contributed by atoms with Gasteiger partial charge in [0.25, 0.3) is 0 Å². The van der Waals surface area contributed by atoms with Crippen LogP contribution in [0.3, 0.4) is 0 Å². The maximum absolute atomic E-state index is 10.9. The van der Waals surface area contributed by atoms with Crippen LogP contribution in [0.1, 0.15) is 28.8 Å². The summed E-state index contributed by atoms with van der Waals surface area (Å²) in [4.78, 5) is 10.6. The number of aromatic carboxylic acids is 1. The van der Waals surface area contributed by atoms with Gasteiger partial charge in [-0.05, 0) is 23.6 Å². The molecule has 0 aromatic heterocycles. The number of carboxylic acids is 1. The Morgan fingerprint density at radius 3 is 2.25 bits per heavy atom. The standard InChI is InChI=1S/C10H11ClO4S/c1-7(6-16(11,14)15)8-2-4-9(5-3-8)10(12)13/h2-5,7H,6H2,1H3,(H,12,13). The van der Waals surface area contributed by atoms with Crippen LogP contribution in [-0.4, -0.2) is 25.2 Å². The molecular weight excluding hydrogens is 252 g/mol. The number of carbonyl (C=O) groups is 1. The number of hydrogen-bond donors (Lipinski definition) is 1. The van der Waals surface area contributed by atoms with Crippen LogP contribution in [0.5, 0.6) is 0 Å². The molecule has 0 amide bonds. The first-order valence-electron chi connectivity index (χ1n) is 4.55. The van der Waals surface area contributed by atoms with Gasteiger partial charge < -0.3 is 5.11 Å². The van der Waals surface area contributed by atoms with Gasteiger partial charge in [0.1, 0.15) is 0 Å². The van der Waals surface area contributed by atoms with Crippen molar-refractivity contribution in [1.29, 1.82) is 0 Å². The minimum absolute atomic E-state index is 0.166. The highest BCUT2D eigenvalue weighted by atomic mass is 35.7. The number of rotatable bonds is 4. The third-order valence-electron chi connectivity index (χ3n) is 2.18. The average Bonchev–Trinajstić information content (AvgIpc) is 2.15. The molecule has 0 heterocycles. The fraction of sp³-hybridized carbons (Fsp3) is 0.300. The summed E-state index contributed by atoms with van der Waals surface area (Å²) >= 11 is 0. The molecule has 0 aliphatic rings. The minimum atomic E-state index is -3.54. The van der Waals surface area contributed by atoms with Gasteiger partial charge >= 0.3 is 5.97 Å². The lowest BCUT2D eigenvalue weighted by atomic mass is 10.0. The van der Waals surface area contributed by atoms with Crippen molar-refractivity contribution < 1.29 is 18.3 Å². The molecule has 0 fully saturated rings. The van der Waals surface area contributed by atoms with E-state index in [0.717, 1.165) is 5.56 Å². The molecule has 88 valence electrons. The number of carboxylic acid groups (broad SMARTS) is 1. The lowest BCUT2D eigenvalue weighted by Gasteiger charge is -2.09. The molecule has 0 aliphatic carbocycles. The van der Waals surface area contributed by atoms with Crippen molar-refractivity contribution in [1.82, 2.24) is 0 Å². The van der Waals surface area contributed by atoms with Crippen molar-refractivity contribution in [2.24, 2.45) is 0 Å². The molecule has 1 aromatic rings. The summed E-state index contributed by atoms with van der Waals surface area (Å²) in [6.07, 6.45) is 0. The summed E-state index contributed by atoms with van der Waals surface area (Å²) in [5, 5.41) is 8.68. The molecule has 6 heteroatoms. The van der Waals surface area contributed by atoms with Crippen LogP contribution in [0.4, 0.5) is 0 Å². The zero-order chi connectivity index (χ0) is 12.3. The predicted molar refractivity (Wildman–Crippen MR) is 61.5 cm³/mol. The van der Waals surface area contributed by atoms with E-state index >= 15 is 0 Å². The number of benzene rings is 1. The summed E-state index contributed by atoms with van der Waals surface area (Å²) in [6.45, 7) is 1.72. The zero-order valence-corrected chi connectivity index (χ0v) is 10.1. The third kappa shape index (κ3) is 3.83. The lowest BCUT2D eigenvalue weighted by molar-refractivity contribution is 0.0697. The van der Waals surface area contributed by atoms with Crippen LogP contribution in [0, 0.1) is 0 Å². The van der Waals surface area contributed by atoms with Gasteiger partial charge in [-0.2, -0.15) is 0 Å². The fourth-order valence-electron chi connectivity index (χ4n) is 1.35. The Labute approximate surface area is 98.3 Å². The molecule has 16 heavy (non-hydrogen) atoms. The van der Waals surface area contributed by atoms with Crippen molar-refractivity contribution in [3.63, 3.8) is 0 Å². The van der Waals surface area contributed by atoms with Crippen LogP contribution in [0.2, 0.25) is 0 Å². The van der Waals surface area contributed by atoms with Gasteiger partial charge in [0.05, 0.1) is 11.3 Å². The second-order valence-electron chi connectivity index (χ2n) is 3.53. The highest BCUT2D eigenvalue weighted by Gasteiger charge is 2.14. The van der Waals surface area contributed by atoms with Gasteiger partial charge in [-0.15, -0.1) is 0 Å². The smallest absolute Gasteiger partial charge is 0.335 e. The molecule has 1 unspecified atom stereocenters. The normalized spacial score (nSPS) is 13.4. The summed E-state index contributed by atoms with van der Waals surface area (Å²) in [5.41, 5.74) is 0.916. The van der Waals surface area contributed by atoms with E-state index in [2.05, 4.69) is 0 Å². The third-order valence-corrected chi connectivity index (χ3v) is 3.45. The van der Waals surface area contributed by atoms with Gasteiger partial charge in [-0.1, -0.05) is 19.1 Å². The molecule has 1 atom stereocenters. The second kappa shape index (κ2) is 4.84. The molecule has 0 saturated heterocycles. The molecule has 0 saturated carbocycles. The first-order valence-corrected chi connectivity index (χ1v) is 7.03. The van der Waals surface area contributed by atoms with E-state index in [1.807, 2.05) is 0 Å². The predicted octanol–water partition coefficient (Wildman–Crippen LogP) is 2.06. The van der Waals surface area contributed by atoms with Crippen molar-refractivity contribution in [3.8, 4) is 0 Å². The Bertz CT molecular complexity index is 478. The van der Waals surface area contributed by atoms with Crippen LogP contribution >= 0.6 is 10.7 Å². The minimum Gasteiger partial charge on any atom is -0.478 e. The maximum Gasteiger partial charge on any atom is 0.335 e. The summed E-state index contributed by atoms with van der Waals surface area (Å²) < 4.78 is 21.7. The average molecular weight is 263 g/mol. The Morgan fingerprint density at radius 1 is 1.38 bits per heavy atom. The maximum atomic E-state index is 10.9. The van der Waals surface area contributed by atoms with Crippen molar-refractivity contribution in [2.75, 3.05) is 5.75 Å². The summed E-state index contributed by atoms with van der Waals surface area (Å²) in [7, 11) is 1.60. The Morgan fingerprint density at radius 2 is 1.88 bits per heavy atom. The molecule has 0 spiro atoms. The van der Waals surface area contributed by atoms with E-state index in [1.165, 1.54) is 12.1 Å². The van der Waals surface area contributed by atoms with Gasteiger partial charge in [0.2, 0.25) is 9.05 Å². The van der Waals surface area contributed by atoms with Gasteiger partial charge in [0.15, 0.2) is 0 Å². The quantitative estimate of drug-likeness (QED) is 0.843. The fourth-order valence-corrected chi connectivity index (χ4v) is 2.71. The first-order chi connectivity index (χ1) is 7.29. The van der Waals surface area contributed by atoms with Crippen molar-refractivity contribution in [3.05, 3.63) is 35.4 Å². The molecule has 0 bridgehead atoms. The van der Waals surface area contributed by atoms with E-state index in [-0.39, 0.29) is 17.2 Å². The lowest BCUT2D eigenvalue weighted by Crippen LogP contribution is -2.07. The second-order valence-corrected chi connectivity index (χ2v) is 6.36. The largest absolute Gasteiger partial charge is 0.478 e. The van der Waals surface area contributed by atoms with Gasteiger partial charge in [0, 0.05) is 10.7 Å². The van der Waals surface area contributed by atoms with E-state index in [4.69, 9.17) is 15.8 Å². The Hall–Kier alpha value is -1.07. The van der Waals surface area contributed by atoms with Gasteiger partial charge in [-0.25, -0.2) is 13.2 Å². The Kier molecular flexibility index (Phi) is 3.93. The number of hydrogen-bond acceptors (Lipinski definition) is 3. The first kappa shape index (κ1) is 13.0. The Balaban J connectivity index is 2.86. The van der Waals surface area contributed by atoms with Crippen molar-refractivity contribution >= 4 is 25.7 Å². The molecule has 0 aliphatic heterocycles. The SMILES string of the molecule is CC(CS(=O)(=O)Cl)c1ccc(C(=O)O)cc1. The van der Waals surface area contributed by atoms with E-state index in [9.17, 15) is 13.2 Å². The van der Waals surface area contributed by atoms with Crippen LogP contribution in [-0.2, 0) is 9.05 Å². The molecular formula is C10H11ClO4S.